The lowest BCUT2D eigenvalue weighted by molar-refractivity contribution is 0.291. The first-order chi connectivity index (χ1) is 16.4. The van der Waals surface area contributed by atoms with Gasteiger partial charge in [0.2, 0.25) is 0 Å². The number of nitrogens with zero attached hydrogens (tertiary/aromatic N) is 2. The summed E-state index contributed by atoms with van der Waals surface area (Å²) in [4.78, 5) is 5.33. The van der Waals surface area contributed by atoms with E-state index in [2.05, 4.69) is 58.4 Å². The van der Waals surface area contributed by atoms with Crippen molar-refractivity contribution in [2.24, 2.45) is 0 Å². The quantitative estimate of drug-likeness (QED) is 0.345. The Kier molecular flexibility index (Phi) is 13.6. The van der Waals surface area contributed by atoms with Gasteiger partial charge in [0, 0.05) is 39.3 Å². The zero-order chi connectivity index (χ0) is 22.8. The summed E-state index contributed by atoms with van der Waals surface area (Å²) >= 11 is 0. The molecule has 0 radical (unpaired) electrons. The van der Waals surface area contributed by atoms with Crippen molar-refractivity contribution in [1.29, 1.82) is 0 Å². The number of fused-ring (bicyclic) bond motifs is 4. The van der Waals surface area contributed by atoms with Crippen LogP contribution < -0.4 is 0 Å². The molecule has 0 aromatic carbocycles. The van der Waals surface area contributed by atoms with Gasteiger partial charge < -0.3 is 0 Å². The van der Waals surface area contributed by atoms with E-state index in [1.807, 2.05) is 0 Å². The van der Waals surface area contributed by atoms with E-state index in [1.54, 1.807) is 11.1 Å². The normalized spacial score (nSPS) is 27.9. The summed E-state index contributed by atoms with van der Waals surface area (Å²) in [6, 6.07) is 0. The average Bonchev–Trinajstić information content (AvgIpc) is 2.84. The van der Waals surface area contributed by atoms with Gasteiger partial charge in [0.1, 0.15) is 0 Å². The Hall–Kier alpha value is -1.38. The molecule has 0 N–H and O–H groups in total. The molecule has 3 aliphatic rings. The van der Waals surface area contributed by atoms with Crippen molar-refractivity contribution in [2.75, 3.05) is 39.3 Å². The molecule has 33 heavy (non-hydrogen) atoms. The second kappa shape index (κ2) is 17.1. The molecule has 2 atom stereocenters. The molecule has 184 valence electrons. The van der Waals surface area contributed by atoms with Gasteiger partial charge in [-0.25, -0.2) is 0 Å². The largest absolute Gasteiger partial charge is 0.299 e. The summed E-state index contributed by atoms with van der Waals surface area (Å²) in [7, 11) is 0. The Morgan fingerprint density at radius 3 is 1.45 bits per heavy atom. The lowest BCUT2D eigenvalue weighted by Crippen LogP contribution is -2.30. The maximum absolute atomic E-state index is 2.67. The highest BCUT2D eigenvalue weighted by Gasteiger charge is 2.12. The minimum absolute atomic E-state index is 1.21. The van der Waals surface area contributed by atoms with Gasteiger partial charge in [-0.15, -0.1) is 0 Å². The molecule has 3 rings (SSSR count). The Bertz CT molecular complexity index is 666. The Morgan fingerprint density at radius 1 is 0.394 bits per heavy atom. The highest BCUT2D eigenvalue weighted by Crippen LogP contribution is 2.18. The third kappa shape index (κ3) is 12.1. The molecular formula is C31H50N2. The number of hydrogen-bond donors (Lipinski definition) is 0. The van der Waals surface area contributed by atoms with Crippen LogP contribution in [0.25, 0.3) is 0 Å². The fourth-order valence-corrected chi connectivity index (χ4v) is 5.32. The first-order valence-electron chi connectivity index (χ1n) is 14.2. The van der Waals surface area contributed by atoms with Crippen molar-refractivity contribution in [1.82, 2.24) is 9.80 Å². The van der Waals surface area contributed by atoms with Crippen molar-refractivity contribution < 1.29 is 0 Å². The van der Waals surface area contributed by atoms with Gasteiger partial charge in [-0.1, -0.05) is 66.2 Å². The molecule has 0 aromatic heterocycles. The molecule has 4 bridgehead atoms. The van der Waals surface area contributed by atoms with Crippen LogP contribution in [0.2, 0.25) is 0 Å². The van der Waals surface area contributed by atoms with Gasteiger partial charge >= 0.3 is 0 Å². The number of rotatable bonds is 0. The van der Waals surface area contributed by atoms with E-state index in [0.29, 0.717) is 0 Å². The molecule has 2 nitrogen and oxygen atoms in total. The van der Waals surface area contributed by atoms with Crippen molar-refractivity contribution >= 4 is 0 Å². The zero-order valence-corrected chi connectivity index (χ0v) is 21.4. The minimum Gasteiger partial charge on any atom is -0.299 e. The molecule has 0 aromatic rings. The molecule has 0 aliphatic carbocycles. The van der Waals surface area contributed by atoms with E-state index in [-0.39, 0.29) is 0 Å². The van der Waals surface area contributed by atoms with Crippen LogP contribution in [0.5, 0.6) is 0 Å². The topological polar surface area (TPSA) is 6.48 Å². The molecule has 3 heterocycles. The van der Waals surface area contributed by atoms with Crippen LogP contribution in [-0.4, -0.2) is 49.1 Å². The van der Waals surface area contributed by atoms with Crippen molar-refractivity contribution in [3.05, 3.63) is 59.8 Å². The molecule has 2 unspecified atom stereocenters. The van der Waals surface area contributed by atoms with Gasteiger partial charge in [0.05, 0.1) is 0 Å². The molecule has 2 heteroatoms. The zero-order valence-electron chi connectivity index (χ0n) is 21.4. The van der Waals surface area contributed by atoms with Crippen LogP contribution in [-0.2, 0) is 0 Å². The van der Waals surface area contributed by atoms with Gasteiger partial charge in [-0.2, -0.15) is 0 Å². The second-order valence-electron chi connectivity index (χ2n) is 10.3. The maximum atomic E-state index is 2.67. The molecule has 3 aliphatic heterocycles. The Balaban J connectivity index is 1.41. The van der Waals surface area contributed by atoms with E-state index in [4.69, 9.17) is 0 Å². The molecule has 0 saturated heterocycles. The number of hydrogen-bond acceptors (Lipinski definition) is 2. The van der Waals surface area contributed by atoms with Crippen LogP contribution in [0.3, 0.4) is 0 Å². The van der Waals surface area contributed by atoms with Crippen LogP contribution in [0.1, 0.15) is 96.3 Å². The SMILES string of the molecule is C1=CCCCC2=CCCN(CCC=CCCCCCC3=CCCN(CCC=CCCC1)C3)C2. The van der Waals surface area contributed by atoms with Crippen LogP contribution in [0, 0.1) is 0 Å². The fraction of sp³-hybridized carbons (Fsp3) is 0.677. The molecule has 0 spiro atoms. The molecule has 0 saturated carbocycles. The average molecular weight is 451 g/mol. The van der Waals surface area contributed by atoms with Crippen LogP contribution in [0.4, 0.5) is 0 Å². The summed E-state index contributed by atoms with van der Waals surface area (Å²) < 4.78 is 0. The Morgan fingerprint density at radius 2 is 0.848 bits per heavy atom. The summed E-state index contributed by atoms with van der Waals surface area (Å²) in [5.41, 5.74) is 3.37. The van der Waals surface area contributed by atoms with Gasteiger partial charge in [0.15, 0.2) is 0 Å². The standard InChI is InChI=1S/C31H50N2/c1-2-4-8-12-16-24-32-26-19-23-31(29-32)21-15-11-7-5-9-13-17-25-33-27-18-22-30(28-33)20-14-10-6-3-1/h3,6,8-9,12-13,22-23H,1-2,4-5,7,10-11,14-21,24-29H2. The third-order valence-electron chi connectivity index (χ3n) is 7.31. The van der Waals surface area contributed by atoms with Crippen molar-refractivity contribution in [3.8, 4) is 0 Å². The van der Waals surface area contributed by atoms with Crippen LogP contribution >= 0.6 is 0 Å². The lowest BCUT2D eigenvalue weighted by Gasteiger charge is -2.27. The Labute approximate surface area is 205 Å². The smallest absolute Gasteiger partial charge is 0.0193 e. The van der Waals surface area contributed by atoms with Gasteiger partial charge in [0.25, 0.3) is 0 Å². The highest BCUT2D eigenvalue weighted by atomic mass is 15.1. The van der Waals surface area contributed by atoms with E-state index in [0.717, 1.165) is 0 Å². The van der Waals surface area contributed by atoms with E-state index in [9.17, 15) is 0 Å². The van der Waals surface area contributed by atoms with Crippen molar-refractivity contribution in [2.45, 2.75) is 96.3 Å². The van der Waals surface area contributed by atoms with Crippen molar-refractivity contribution in [3.63, 3.8) is 0 Å². The minimum atomic E-state index is 1.21. The lowest BCUT2D eigenvalue weighted by atomic mass is 10.0. The highest BCUT2D eigenvalue weighted by molar-refractivity contribution is 5.09. The van der Waals surface area contributed by atoms with Crippen LogP contribution in [0.15, 0.2) is 59.8 Å². The summed E-state index contributed by atoms with van der Waals surface area (Å²) in [6.07, 6.45) is 38.8. The van der Waals surface area contributed by atoms with Gasteiger partial charge in [-0.3, -0.25) is 9.80 Å². The fourth-order valence-electron chi connectivity index (χ4n) is 5.32. The molecule has 0 fully saturated rings. The first kappa shape index (κ1) is 26.2. The molecule has 0 amide bonds. The van der Waals surface area contributed by atoms with E-state index >= 15 is 0 Å². The second-order valence-corrected chi connectivity index (χ2v) is 10.3. The predicted octanol–water partition coefficient (Wildman–Crippen LogP) is 8.00. The monoisotopic (exact) mass is 450 g/mol. The predicted molar refractivity (Wildman–Crippen MR) is 146 cm³/mol. The molecular weight excluding hydrogens is 400 g/mol. The summed E-state index contributed by atoms with van der Waals surface area (Å²) in [6.45, 7) is 7.38. The number of allylic oxidation sites excluding steroid dienone is 4. The van der Waals surface area contributed by atoms with Gasteiger partial charge in [-0.05, 0) is 89.9 Å². The van der Waals surface area contributed by atoms with E-state index < -0.39 is 0 Å². The first-order valence-corrected chi connectivity index (χ1v) is 14.2. The summed E-state index contributed by atoms with van der Waals surface area (Å²) in [5.74, 6) is 0. The maximum Gasteiger partial charge on any atom is 0.0193 e. The van der Waals surface area contributed by atoms with E-state index in [1.165, 1.54) is 136 Å². The third-order valence-corrected chi connectivity index (χ3v) is 7.31. The summed E-state index contributed by atoms with van der Waals surface area (Å²) in [5, 5.41) is 0.